The number of ether oxygens (including phenoxy) is 1. The number of carbonyl (C=O) groups is 1. The topological polar surface area (TPSA) is 41.6 Å². The van der Waals surface area contributed by atoms with E-state index in [-0.39, 0.29) is 5.91 Å². The minimum absolute atomic E-state index is 0.225. The lowest BCUT2D eigenvalue weighted by molar-refractivity contribution is -0.129. The molecule has 2 aliphatic carbocycles. The number of rotatable bonds is 5. The van der Waals surface area contributed by atoms with Crippen LogP contribution >= 0.6 is 0 Å². The third-order valence-corrected chi connectivity index (χ3v) is 3.75. The zero-order valence-corrected chi connectivity index (χ0v) is 10.2. The minimum Gasteiger partial charge on any atom is -0.381 e. The third kappa shape index (κ3) is 2.95. The molecule has 0 aromatic rings. The van der Waals surface area contributed by atoms with Gasteiger partial charge in [0.1, 0.15) is 0 Å². The van der Waals surface area contributed by atoms with Gasteiger partial charge in [-0.25, -0.2) is 0 Å². The maximum absolute atomic E-state index is 11.8. The van der Waals surface area contributed by atoms with Gasteiger partial charge >= 0.3 is 0 Å². The second kappa shape index (κ2) is 5.15. The van der Waals surface area contributed by atoms with Gasteiger partial charge in [0.2, 0.25) is 5.91 Å². The van der Waals surface area contributed by atoms with Crippen LogP contribution in [-0.2, 0) is 9.53 Å². The van der Waals surface area contributed by atoms with Crippen molar-refractivity contribution < 1.29 is 9.53 Å². The van der Waals surface area contributed by atoms with Crippen LogP contribution in [0.15, 0.2) is 0 Å². The van der Waals surface area contributed by atoms with Gasteiger partial charge in [0, 0.05) is 26.2 Å². The van der Waals surface area contributed by atoms with E-state index in [9.17, 15) is 4.79 Å². The van der Waals surface area contributed by atoms with Crippen LogP contribution in [0.2, 0.25) is 0 Å². The lowest BCUT2D eigenvalue weighted by atomic mass is 10.2. The molecule has 0 saturated heterocycles. The van der Waals surface area contributed by atoms with Crippen LogP contribution < -0.4 is 5.32 Å². The Balaban J connectivity index is 1.65. The molecule has 2 unspecified atom stereocenters. The fourth-order valence-corrected chi connectivity index (χ4v) is 2.36. The average Bonchev–Trinajstić information content (AvgIpc) is 3.04. The smallest absolute Gasteiger partial charge is 0.236 e. The highest BCUT2D eigenvalue weighted by molar-refractivity contribution is 5.78. The molecule has 92 valence electrons. The summed E-state index contributed by atoms with van der Waals surface area (Å²) in [6.45, 7) is 0.480. The van der Waals surface area contributed by atoms with E-state index in [1.54, 1.807) is 7.11 Å². The number of hydrogen-bond acceptors (Lipinski definition) is 3. The fraction of sp³-hybridized carbons (Fsp3) is 0.917. The third-order valence-electron chi connectivity index (χ3n) is 3.75. The molecule has 1 N–H and O–H groups in total. The highest BCUT2D eigenvalue weighted by Crippen LogP contribution is 2.25. The highest BCUT2D eigenvalue weighted by Gasteiger charge is 2.30. The van der Waals surface area contributed by atoms with Gasteiger partial charge in [0.15, 0.2) is 0 Å². The predicted molar refractivity (Wildman–Crippen MR) is 62.2 cm³/mol. The summed E-state index contributed by atoms with van der Waals surface area (Å²) >= 11 is 0. The van der Waals surface area contributed by atoms with Crippen molar-refractivity contribution in [3.8, 4) is 0 Å². The van der Waals surface area contributed by atoms with E-state index in [4.69, 9.17) is 4.74 Å². The molecular formula is C12H22N2O2. The molecule has 0 aromatic carbocycles. The standard InChI is InChI=1S/C12H22N2O2/c1-14(10-4-5-10)12(15)8-13-9-3-6-11(7-9)16-2/h9-11,13H,3-8H2,1-2H3. The molecule has 0 heterocycles. The Hall–Kier alpha value is -0.610. The normalized spacial score (nSPS) is 29.4. The molecule has 2 atom stereocenters. The molecule has 4 nitrogen and oxygen atoms in total. The van der Waals surface area contributed by atoms with Gasteiger partial charge in [0.05, 0.1) is 12.6 Å². The summed E-state index contributed by atoms with van der Waals surface area (Å²) in [6.07, 6.45) is 6.01. The molecule has 16 heavy (non-hydrogen) atoms. The van der Waals surface area contributed by atoms with Gasteiger partial charge in [-0.05, 0) is 32.1 Å². The lowest BCUT2D eigenvalue weighted by Gasteiger charge is -2.18. The van der Waals surface area contributed by atoms with Crippen LogP contribution in [-0.4, -0.2) is 49.7 Å². The van der Waals surface area contributed by atoms with Crippen LogP contribution in [0.1, 0.15) is 32.1 Å². The van der Waals surface area contributed by atoms with Gasteiger partial charge in [-0.1, -0.05) is 0 Å². The lowest BCUT2D eigenvalue weighted by Crippen LogP contribution is -2.40. The number of hydrogen-bond donors (Lipinski definition) is 1. The second-order valence-electron chi connectivity index (χ2n) is 4.98. The van der Waals surface area contributed by atoms with Crippen molar-refractivity contribution in [3.63, 3.8) is 0 Å². The first-order chi connectivity index (χ1) is 7.70. The summed E-state index contributed by atoms with van der Waals surface area (Å²) in [7, 11) is 3.67. The maximum Gasteiger partial charge on any atom is 0.236 e. The van der Waals surface area contributed by atoms with Crippen molar-refractivity contribution in [1.82, 2.24) is 10.2 Å². The Bertz CT molecular complexity index is 253. The van der Waals surface area contributed by atoms with Crippen molar-refractivity contribution >= 4 is 5.91 Å². The van der Waals surface area contributed by atoms with E-state index in [1.807, 2.05) is 11.9 Å². The maximum atomic E-state index is 11.8. The summed E-state index contributed by atoms with van der Waals surface area (Å²) in [4.78, 5) is 13.6. The molecular weight excluding hydrogens is 204 g/mol. The molecule has 0 bridgehead atoms. The van der Waals surface area contributed by atoms with E-state index >= 15 is 0 Å². The van der Waals surface area contributed by atoms with Crippen LogP contribution in [0.25, 0.3) is 0 Å². The van der Waals surface area contributed by atoms with Crippen LogP contribution in [0, 0.1) is 0 Å². The molecule has 1 amide bonds. The van der Waals surface area contributed by atoms with Crippen molar-refractivity contribution in [1.29, 1.82) is 0 Å². The molecule has 2 rings (SSSR count). The first kappa shape index (κ1) is 11.9. The van der Waals surface area contributed by atoms with Crippen molar-refractivity contribution in [2.24, 2.45) is 0 Å². The molecule has 2 fully saturated rings. The quantitative estimate of drug-likeness (QED) is 0.752. The number of likely N-dealkylation sites (N-methyl/N-ethyl adjacent to an activating group) is 1. The van der Waals surface area contributed by atoms with Crippen molar-refractivity contribution in [2.75, 3.05) is 20.7 Å². The molecule has 0 aliphatic heterocycles. The summed E-state index contributed by atoms with van der Waals surface area (Å²) in [5, 5.41) is 3.34. The van der Waals surface area contributed by atoms with E-state index in [2.05, 4.69) is 5.32 Å². The monoisotopic (exact) mass is 226 g/mol. The van der Waals surface area contributed by atoms with E-state index in [0.717, 1.165) is 19.3 Å². The van der Waals surface area contributed by atoms with E-state index in [0.29, 0.717) is 24.7 Å². The predicted octanol–water partition coefficient (Wildman–Crippen LogP) is 0.764. The Morgan fingerprint density at radius 1 is 1.38 bits per heavy atom. The molecule has 2 aliphatic rings. The molecule has 0 aromatic heterocycles. The number of methoxy groups -OCH3 is 1. The number of carbonyl (C=O) groups excluding carboxylic acids is 1. The van der Waals surface area contributed by atoms with Gasteiger partial charge in [-0.2, -0.15) is 0 Å². The van der Waals surface area contributed by atoms with Crippen LogP contribution in [0.5, 0.6) is 0 Å². The Morgan fingerprint density at radius 3 is 2.69 bits per heavy atom. The zero-order chi connectivity index (χ0) is 11.5. The molecule has 4 heteroatoms. The van der Waals surface area contributed by atoms with Crippen LogP contribution in [0.3, 0.4) is 0 Å². The number of nitrogens with one attached hydrogen (secondary N) is 1. The van der Waals surface area contributed by atoms with Gasteiger partial charge in [-0.15, -0.1) is 0 Å². The average molecular weight is 226 g/mol. The number of amides is 1. The largest absolute Gasteiger partial charge is 0.381 e. The first-order valence-electron chi connectivity index (χ1n) is 6.22. The van der Waals surface area contributed by atoms with E-state index in [1.165, 1.54) is 12.8 Å². The Kier molecular flexibility index (Phi) is 3.82. The van der Waals surface area contributed by atoms with Crippen LogP contribution in [0.4, 0.5) is 0 Å². The van der Waals surface area contributed by atoms with Gasteiger partial charge < -0.3 is 15.0 Å². The SMILES string of the molecule is COC1CCC(NCC(=O)N(C)C2CC2)C1. The highest BCUT2D eigenvalue weighted by atomic mass is 16.5. The van der Waals surface area contributed by atoms with Gasteiger partial charge in [-0.3, -0.25) is 4.79 Å². The Labute approximate surface area is 97.3 Å². The summed E-state index contributed by atoms with van der Waals surface area (Å²) in [5.74, 6) is 0.225. The number of nitrogens with zero attached hydrogens (tertiary/aromatic N) is 1. The minimum atomic E-state index is 0.225. The van der Waals surface area contributed by atoms with Gasteiger partial charge in [0.25, 0.3) is 0 Å². The molecule has 2 saturated carbocycles. The molecule has 0 spiro atoms. The fourth-order valence-electron chi connectivity index (χ4n) is 2.36. The molecule has 0 radical (unpaired) electrons. The zero-order valence-electron chi connectivity index (χ0n) is 10.2. The summed E-state index contributed by atoms with van der Waals surface area (Å²) in [6, 6.07) is 0.978. The van der Waals surface area contributed by atoms with E-state index < -0.39 is 0 Å². The second-order valence-corrected chi connectivity index (χ2v) is 4.98. The summed E-state index contributed by atoms with van der Waals surface area (Å²) < 4.78 is 5.31. The van der Waals surface area contributed by atoms with Crippen molar-refractivity contribution in [3.05, 3.63) is 0 Å². The first-order valence-corrected chi connectivity index (χ1v) is 6.22. The summed E-state index contributed by atoms with van der Waals surface area (Å²) in [5.41, 5.74) is 0. The van der Waals surface area contributed by atoms with Crippen molar-refractivity contribution in [2.45, 2.75) is 50.3 Å². The Morgan fingerprint density at radius 2 is 2.12 bits per heavy atom.